The molecule has 1 aliphatic rings. The Kier molecular flexibility index (Phi) is 5.85. The van der Waals surface area contributed by atoms with Crippen molar-refractivity contribution in [3.63, 3.8) is 0 Å². The summed E-state index contributed by atoms with van der Waals surface area (Å²) in [7, 11) is -1.79. The van der Waals surface area contributed by atoms with Crippen molar-refractivity contribution < 1.29 is 13.2 Å². The van der Waals surface area contributed by atoms with E-state index in [0.29, 0.717) is 31.1 Å². The highest BCUT2D eigenvalue weighted by Gasteiger charge is 2.29. The van der Waals surface area contributed by atoms with Crippen LogP contribution in [0.3, 0.4) is 0 Å². The van der Waals surface area contributed by atoms with Crippen LogP contribution in [0.4, 0.5) is 5.69 Å². The third kappa shape index (κ3) is 4.23. The van der Waals surface area contributed by atoms with E-state index in [1.807, 2.05) is 65.6 Å². The predicted octanol–water partition coefficient (Wildman–Crippen LogP) is 2.81. The molecule has 0 aromatic heterocycles. The molecule has 4 rings (SSSR count). The second-order valence-electron chi connectivity index (χ2n) is 7.48. The highest BCUT2D eigenvalue weighted by atomic mass is 32.2. The number of carbonyl (C=O) groups excluding carboxylic acids is 1. The summed E-state index contributed by atoms with van der Waals surface area (Å²) in [6, 6.07) is 22.5. The van der Waals surface area contributed by atoms with Gasteiger partial charge in [-0.05, 0) is 35.0 Å². The standard InChI is InChI=1S/C23H25N3O3S/c1-24(21-9-3-2-4-10-21)23(27)18-25-13-15-26(16-14-25)30(28,29)22-12-11-19-7-5-6-8-20(19)17-22/h2-12,17H,13-16,18H2,1H3. The summed E-state index contributed by atoms with van der Waals surface area (Å²) in [6.45, 7) is 2.08. The first kappa shape index (κ1) is 20.5. The van der Waals surface area contributed by atoms with Gasteiger partial charge in [0.2, 0.25) is 15.9 Å². The lowest BCUT2D eigenvalue weighted by atomic mass is 10.1. The molecular weight excluding hydrogens is 398 g/mol. The summed E-state index contributed by atoms with van der Waals surface area (Å²) in [5.74, 6) is -0.00737. The molecule has 1 saturated heterocycles. The molecule has 0 unspecified atom stereocenters. The number of sulfonamides is 1. The molecule has 156 valence electrons. The summed E-state index contributed by atoms with van der Waals surface area (Å²) >= 11 is 0. The van der Waals surface area contributed by atoms with Gasteiger partial charge in [-0.1, -0.05) is 48.5 Å². The Morgan fingerprint density at radius 1 is 0.867 bits per heavy atom. The SMILES string of the molecule is CN(C(=O)CN1CCN(S(=O)(=O)c2ccc3ccccc3c2)CC1)c1ccccc1. The third-order valence-electron chi connectivity index (χ3n) is 5.57. The molecule has 1 heterocycles. The molecule has 3 aromatic carbocycles. The fourth-order valence-corrected chi connectivity index (χ4v) is 5.16. The van der Waals surface area contributed by atoms with E-state index in [2.05, 4.69) is 0 Å². The molecule has 0 N–H and O–H groups in total. The Labute approximate surface area is 177 Å². The van der Waals surface area contributed by atoms with Crippen molar-refractivity contribution in [1.82, 2.24) is 9.21 Å². The van der Waals surface area contributed by atoms with Gasteiger partial charge in [-0.2, -0.15) is 4.31 Å². The van der Waals surface area contributed by atoms with E-state index < -0.39 is 10.0 Å². The number of nitrogens with zero attached hydrogens (tertiary/aromatic N) is 3. The normalized spacial score (nSPS) is 15.9. The van der Waals surface area contributed by atoms with E-state index in [0.717, 1.165) is 16.5 Å². The van der Waals surface area contributed by atoms with Crippen LogP contribution in [-0.4, -0.2) is 63.3 Å². The molecule has 0 aliphatic carbocycles. The van der Waals surface area contributed by atoms with Gasteiger partial charge in [0, 0.05) is 38.9 Å². The van der Waals surface area contributed by atoms with Crippen molar-refractivity contribution in [2.75, 3.05) is 44.7 Å². The first-order valence-electron chi connectivity index (χ1n) is 9.98. The molecular formula is C23H25N3O3S. The highest BCUT2D eigenvalue weighted by molar-refractivity contribution is 7.89. The zero-order valence-corrected chi connectivity index (χ0v) is 17.8. The molecule has 0 radical (unpaired) electrons. The van der Waals surface area contributed by atoms with Crippen LogP contribution in [0.1, 0.15) is 0 Å². The van der Waals surface area contributed by atoms with Crippen LogP contribution < -0.4 is 4.90 Å². The summed E-state index contributed by atoms with van der Waals surface area (Å²) in [6.07, 6.45) is 0. The van der Waals surface area contributed by atoms with Gasteiger partial charge in [0.25, 0.3) is 0 Å². The van der Waals surface area contributed by atoms with E-state index >= 15 is 0 Å². The van der Waals surface area contributed by atoms with Gasteiger partial charge < -0.3 is 4.90 Å². The number of piperazine rings is 1. The van der Waals surface area contributed by atoms with Crippen molar-refractivity contribution in [2.24, 2.45) is 0 Å². The Morgan fingerprint density at radius 2 is 1.50 bits per heavy atom. The van der Waals surface area contributed by atoms with Gasteiger partial charge in [-0.25, -0.2) is 8.42 Å². The van der Waals surface area contributed by atoms with Crippen molar-refractivity contribution in [3.8, 4) is 0 Å². The van der Waals surface area contributed by atoms with Gasteiger partial charge in [0.1, 0.15) is 0 Å². The zero-order chi connectivity index (χ0) is 21.1. The zero-order valence-electron chi connectivity index (χ0n) is 16.9. The Morgan fingerprint density at radius 3 is 2.20 bits per heavy atom. The predicted molar refractivity (Wildman–Crippen MR) is 119 cm³/mol. The summed E-state index contributed by atoms with van der Waals surface area (Å²) < 4.78 is 27.7. The summed E-state index contributed by atoms with van der Waals surface area (Å²) in [4.78, 5) is 16.5. The lowest BCUT2D eigenvalue weighted by molar-refractivity contribution is -0.119. The Bertz CT molecular complexity index is 1140. The van der Waals surface area contributed by atoms with Crippen LogP contribution >= 0.6 is 0 Å². The smallest absolute Gasteiger partial charge is 0.243 e. The second kappa shape index (κ2) is 8.55. The number of fused-ring (bicyclic) bond motifs is 1. The minimum Gasteiger partial charge on any atom is -0.314 e. The second-order valence-corrected chi connectivity index (χ2v) is 9.42. The third-order valence-corrected chi connectivity index (χ3v) is 7.46. The lowest BCUT2D eigenvalue weighted by Gasteiger charge is -2.34. The average Bonchev–Trinajstić information content (AvgIpc) is 2.79. The van der Waals surface area contributed by atoms with E-state index in [4.69, 9.17) is 0 Å². The van der Waals surface area contributed by atoms with Gasteiger partial charge >= 0.3 is 0 Å². The Balaban J connectivity index is 1.39. The van der Waals surface area contributed by atoms with Crippen molar-refractivity contribution in [1.29, 1.82) is 0 Å². The molecule has 6 nitrogen and oxygen atoms in total. The van der Waals surface area contributed by atoms with Crippen molar-refractivity contribution in [3.05, 3.63) is 72.8 Å². The molecule has 30 heavy (non-hydrogen) atoms. The largest absolute Gasteiger partial charge is 0.314 e. The Hall–Kier alpha value is -2.74. The molecule has 0 atom stereocenters. The molecule has 7 heteroatoms. The number of hydrogen-bond acceptors (Lipinski definition) is 4. The quantitative estimate of drug-likeness (QED) is 0.633. The molecule has 0 bridgehead atoms. The fourth-order valence-electron chi connectivity index (χ4n) is 3.70. The number of rotatable bonds is 5. The minimum atomic E-state index is -3.55. The van der Waals surface area contributed by atoms with E-state index in [1.54, 1.807) is 24.1 Å². The average molecular weight is 424 g/mol. The molecule has 1 fully saturated rings. The van der Waals surface area contributed by atoms with Crippen LogP contribution in [-0.2, 0) is 14.8 Å². The first-order chi connectivity index (χ1) is 14.4. The van der Waals surface area contributed by atoms with Crippen LogP contribution in [0.15, 0.2) is 77.7 Å². The van der Waals surface area contributed by atoms with Crippen molar-refractivity contribution >= 4 is 32.4 Å². The van der Waals surface area contributed by atoms with Crippen LogP contribution in [0.5, 0.6) is 0 Å². The number of anilines is 1. The maximum Gasteiger partial charge on any atom is 0.243 e. The molecule has 1 amide bonds. The van der Waals surface area contributed by atoms with Gasteiger partial charge in [0.05, 0.1) is 11.4 Å². The molecule has 1 aliphatic heterocycles. The van der Waals surface area contributed by atoms with Gasteiger partial charge in [-0.3, -0.25) is 9.69 Å². The molecule has 3 aromatic rings. The number of likely N-dealkylation sites (N-methyl/N-ethyl adjacent to an activating group) is 1. The number of para-hydroxylation sites is 1. The molecule has 0 spiro atoms. The van der Waals surface area contributed by atoms with Gasteiger partial charge in [-0.15, -0.1) is 0 Å². The van der Waals surface area contributed by atoms with Crippen LogP contribution in [0.25, 0.3) is 10.8 Å². The maximum absolute atomic E-state index is 13.1. The number of carbonyl (C=O) groups is 1. The fraction of sp³-hybridized carbons (Fsp3) is 0.261. The van der Waals surface area contributed by atoms with Gasteiger partial charge in [0.15, 0.2) is 0 Å². The number of benzene rings is 3. The molecule has 0 saturated carbocycles. The van der Waals surface area contributed by atoms with E-state index in [9.17, 15) is 13.2 Å². The van der Waals surface area contributed by atoms with E-state index in [1.165, 1.54) is 4.31 Å². The first-order valence-corrected chi connectivity index (χ1v) is 11.4. The monoisotopic (exact) mass is 423 g/mol. The van der Waals surface area contributed by atoms with E-state index in [-0.39, 0.29) is 12.5 Å². The number of amides is 1. The van der Waals surface area contributed by atoms with Crippen molar-refractivity contribution in [2.45, 2.75) is 4.90 Å². The topological polar surface area (TPSA) is 60.9 Å². The number of hydrogen-bond donors (Lipinski definition) is 0. The maximum atomic E-state index is 13.1. The lowest BCUT2D eigenvalue weighted by Crippen LogP contribution is -2.51. The minimum absolute atomic E-state index is 0.00737. The summed E-state index contributed by atoms with van der Waals surface area (Å²) in [5.41, 5.74) is 0.847. The van der Waals surface area contributed by atoms with Crippen LogP contribution in [0.2, 0.25) is 0 Å². The summed E-state index contributed by atoms with van der Waals surface area (Å²) in [5, 5.41) is 1.93. The highest BCUT2D eigenvalue weighted by Crippen LogP contribution is 2.23. The van der Waals surface area contributed by atoms with Crippen LogP contribution in [0, 0.1) is 0 Å².